The number of hydrogen-bond acceptors (Lipinski definition) is 4. The van der Waals surface area contributed by atoms with Gasteiger partial charge in [0, 0.05) is 12.0 Å². The molecule has 0 saturated heterocycles. The summed E-state index contributed by atoms with van der Waals surface area (Å²) in [5, 5.41) is 15.1. The van der Waals surface area contributed by atoms with E-state index in [1.54, 1.807) is 0 Å². The monoisotopic (exact) mass is 476 g/mol. The van der Waals surface area contributed by atoms with Gasteiger partial charge in [-0.25, -0.2) is 9.59 Å². The molecule has 0 heterocycles. The first-order chi connectivity index (χ1) is 17.0. The smallest absolute Gasteiger partial charge is 0.407 e. The van der Waals surface area contributed by atoms with E-state index >= 15 is 0 Å². The van der Waals surface area contributed by atoms with Crippen molar-refractivity contribution in [2.75, 3.05) is 6.61 Å². The molecule has 0 spiro atoms. The molecule has 0 aliphatic heterocycles. The van der Waals surface area contributed by atoms with E-state index in [-0.39, 0.29) is 36.3 Å². The fourth-order valence-electron chi connectivity index (χ4n) is 6.47. The van der Waals surface area contributed by atoms with Gasteiger partial charge in [0.25, 0.3) is 0 Å². The quantitative estimate of drug-likeness (QED) is 0.527. The highest BCUT2D eigenvalue weighted by molar-refractivity contribution is 5.86. The molecule has 3 aliphatic carbocycles. The number of carboxylic acids is 1. The van der Waals surface area contributed by atoms with Crippen LogP contribution in [0.15, 0.2) is 48.5 Å². The molecule has 5 rings (SSSR count). The number of hydrogen-bond donors (Lipinski definition) is 3. The summed E-state index contributed by atoms with van der Waals surface area (Å²) in [4.78, 5) is 37.5. The molecule has 5 atom stereocenters. The SMILES string of the molecule is CCC[C@@H](NC(=O)C1C2CCC(C2)C1NC(=O)OCC1c2ccccc2-c2ccccc21)C(=O)O. The van der Waals surface area contributed by atoms with Gasteiger partial charge in [-0.15, -0.1) is 0 Å². The summed E-state index contributed by atoms with van der Waals surface area (Å²) in [7, 11) is 0. The van der Waals surface area contributed by atoms with Gasteiger partial charge in [0.1, 0.15) is 12.6 Å². The van der Waals surface area contributed by atoms with Crippen LogP contribution in [0.2, 0.25) is 0 Å². The van der Waals surface area contributed by atoms with E-state index < -0.39 is 24.0 Å². The van der Waals surface area contributed by atoms with E-state index in [0.29, 0.717) is 12.8 Å². The van der Waals surface area contributed by atoms with Crippen molar-refractivity contribution in [2.24, 2.45) is 17.8 Å². The molecule has 7 nitrogen and oxygen atoms in total. The average Bonchev–Trinajstić information content (AvgIpc) is 3.54. The molecule has 7 heteroatoms. The zero-order valence-electron chi connectivity index (χ0n) is 19.9. The van der Waals surface area contributed by atoms with Crippen LogP contribution >= 0.6 is 0 Å². The van der Waals surface area contributed by atoms with Gasteiger partial charge >= 0.3 is 12.1 Å². The number of fused-ring (bicyclic) bond motifs is 5. The highest BCUT2D eigenvalue weighted by atomic mass is 16.5. The maximum atomic E-state index is 13.1. The fourth-order valence-corrected chi connectivity index (χ4v) is 6.47. The number of nitrogens with one attached hydrogen (secondary N) is 2. The third kappa shape index (κ3) is 4.40. The van der Waals surface area contributed by atoms with Gasteiger partial charge in [-0.2, -0.15) is 0 Å². The first kappa shape index (κ1) is 23.4. The van der Waals surface area contributed by atoms with Gasteiger partial charge in [0.2, 0.25) is 5.91 Å². The Hall–Kier alpha value is -3.35. The normalized spacial score (nSPS) is 24.9. The van der Waals surface area contributed by atoms with Gasteiger partial charge in [0.05, 0.1) is 5.92 Å². The number of carboxylic acid groups (broad SMARTS) is 1. The minimum Gasteiger partial charge on any atom is -0.480 e. The van der Waals surface area contributed by atoms with E-state index in [4.69, 9.17) is 4.74 Å². The van der Waals surface area contributed by atoms with E-state index in [1.807, 2.05) is 31.2 Å². The van der Waals surface area contributed by atoms with Crippen LogP contribution in [0.5, 0.6) is 0 Å². The van der Waals surface area contributed by atoms with Gasteiger partial charge in [-0.05, 0) is 59.8 Å². The molecule has 4 unspecified atom stereocenters. The Morgan fingerprint density at radius 3 is 2.26 bits per heavy atom. The van der Waals surface area contributed by atoms with Crippen LogP contribution in [-0.4, -0.2) is 41.8 Å². The summed E-state index contributed by atoms with van der Waals surface area (Å²) in [6.45, 7) is 2.11. The summed E-state index contributed by atoms with van der Waals surface area (Å²) >= 11 is 0. The second-order valence-electron chi connectivity index (χ2n) is 10.0. The van der Waals surface area contributed by atoms with Crippen molar-refractivity contribution in [1.29, 1.82) is 0 Å². The van der Waals surface area contributed by atoms with Crippen LogP contribution in [0.25, 0.3) is 11.1 Å². The van der Waals surface area contributed by atoms with Crippen LogP contribution in [0.3, 0.4) is 0 Å². The molecule has 2 fully saturated rings. The van der Waals surface area contributed by atoms with Crippen LogP contribution in [0.4, 0.5) is 4.79 Å². The summed E-state index contributed by atoms with van der Waals surface area (Å²) in [5.74, 6) is -1.38. The zero-order chi connectivity index (χ0) is 24.5. The Labute approximate surface area is 205 Å². The Bertz CT molecular complexity index is 1090. The van der Waals surface area contributed by atoms with Crippen molar-refractivity contribution < 1.29 is 24.2 Å². The third-order valence-electron chi connectivity index (χ3n) is 8.04. The Kier molecular flexibility index (Phi) is 6.50. The van der Waals surface area contributed by atoms with E-state index in [0.717, 1.165) is 30.4 Å². The third-order valence-corrected chi connectivity index (χ3v) is 8.04. The summed E-state index contributed by atoms with van der Waals surface area (Å²) in [6.07, 6.45) is 3.28. The van der Waals surface area contributed by atoms with Crippen molar-refractivity contribution in [1.82, 2.24) is 10.6 Å². The average molecular weight is 477 g/mol. The number of ether oxygens (including phenoxy) is 1. The highest BCUT2D eigenvalue weighted by Gasteiger charge is 2.52. The maximum Gasteiger partial charge on any atom is 0.407 e. The van der Waals surface area contributed by atoms with Gasteiger partial charge in [-0.1, -0.05) is 61.9 Å². The highest BCUT2D eigenvalue weighted by Crippen LogP contribution is 2.49. The molecule has 184 valence electrons. The predicted molar refractivity (Wildman–Crippen MR) is 131 cm³/mol. The lowest BCUT2D eigenvalue weighted by Crippen LogP contribution is -2.52. The molecule has 35 heavy (non-hydrogen) atoms. The lowest BCUT2D eigenvalue weighted by atomic mass is 9.83. The number of carbonyl (C=O) groups excluding carboxylic acids is 2. The minimum atomic E-state index is -1.02. The number of alkyl carbamates (subject to hydrolysis) is 1. The topological polar surface area (TPSA) is 105 Å². The zero-order valence-corrected chi connectivity index (χ0v) is 19.9. The second kappa shape index (κ2) is 9.72. The van der Waals surface area contributed by atoms with Gasteiger partial charge in [0.15, 0.2) is 0 Å². The first-order valence-electron chi connectivity index (χ1n) is 12.6. The summed E-state index contributed by atoms with van der Waals surface area (Å²) < 4.78 is 5.72. The summed E-state index contributed by atoms with van der Waals surface area (Å²) in [5.41, 5.74) is 4.63. The number of carbonyl (C=O) groups is 3. The van der Waals surface area contributed by atoms with Crippen LogP contribution in [-0.2, 0) is 14.3 Å². The molecule has 2 saturated carbocycles. The Morgan fingerprint density at radius 2 is 1.63 bits per heavy atom. The Morgan fingerprint density at radius 1 is 1.00 bits per heavy atom. The largest absolute Gasteiger partial charge is 0.480 e. The van der Waals surface area contributed by atoms with E-state index in [1.165, 1.54) is 11.1 Å². The van der Waals surface area contributed by atoms with Crippen molar-refractivity contribution in [3.8, 4) is 11.1 Å². The van der Waals surface area contributed by atoms with Crippen LogP contribution in [0.1, 0.15) is 56.1 Å². The molecular weight excluding hydrogens is 444 g/mol. The maximum absolute atomic E-state index is 13.1. The second-order valence-corrected chi connectivity index (χ2v) is 10.0. The summed E-state index contributed by atoms with van der Waals surface area (Å²) in [6, 6.07) is 15.1. The van der Waals surface area contributed by atoms with Crippen molar-refractivity contribution >= 4 is 18.0 Å². The van der Waals surface area contributed by atoms with E-state index in [9.17, 15) is 19.5 Å². The molecule has 3 aliphatic rings. The minimum absolute atomic E-state index is 0.0300. The predicted octanol–water partition coefficient (Wildman–Crippen LogP) is 4.31. The molecule has 2 aromatic carbocycles. The fraction of sp³-hybridized carbons (Fsp3) is 0.464. The molecule has 2 amide bonds. The molecule has 0 aromatic heterocycles. The molecule has 0 radical (unpaired) electrons. The molecule has 3 N–H and O–H groups in total. The van der Waals surface area contributed by atoms with Crippen molar-refractivity contribution in [3.63, 3.8) is 0 Å². The first-order valence-corrected chi connectivity index (χ1v) is 12.6. The van der Waals surface area contributed by atoms with Crippen molar-refractivity contribution in [3.05, 3.63) is 59.7 Å². The number of aliphatic carboxylic acids is 1. The van der Waals surface area contributed by atoms with Gasteiger partial charge in [-0.3, -0.25) is 4.79 Å². The van der Waals surface area contributed by atoms with Crippen molar-refractivity contribution in [2.45, 2.75) is 57.0 Å². The van der Waals surface area contributed by atoms with Crippen LogP contribution < -0.4 is 10.6 Å². The lowest BCUT2D eigenvalue weighted by Gasteiger charge is -2.31. The van der Waals surface area contributed by atoms with Crippen LogP contribution in [0, 0.1) is 17.8 Å². The molecule has 2 bridgehead atoms. The standard InChI is InChI=1S/C28H32N2O5/c1-2-7-23(27(32)33)29-26(31)24-16-12-13-17(14-16)25(24)30-28(34)35-15-22-20-10-5-3-8-18(20)19-9-4-6-11-21(19)22/h3-6,8-11,16-17,22-25H,2,7,12-15H2,1H3,(H,29,31)(H,30,34)(H,32,33)/t16?,17?,23-,24?,25?/m1/s1. The molecule has 2 aromatic rings. The van der Waals surface area contributed by atoms with E-state index in [2.05, 4.69) is 34.9 Å². The Balaban J connectivity index is 1.25. The van der Waals surface area contributed by atoms with Gasteiger partial charge < -0.3 is 20.5 Å². The number of benzene rings is 2. The number of amides is 2. The molecular formula is C28H32N2O5. The lowest BCUT2D eigenvalue weighted by molar-refractivity contribution is -0.143. The number of rotatable bonds is 8.